The van der Waals surface area contributed by atoms with Gasteiger partial charge in [0.15, 0.2) is 6.10 Å². The van der Waals surface area contributed by atoms with Crippen LogP contribution in [0.1, 0.15) is 23.1 Å². The summed E-state index contributed by atoms with van der Waals surface area (Å²) in [6.45, 7) is 1.99. The third-order valence-electron chi connectivity index (χ3n) is 3.18. The third-order valence-corrected chi connectivity index (χ3v) is 3.18. The Hall–Kier alpha value is -2.46. The smallest absolute Gasteiger partial charge is 0.260 e. The average Bonchev–Trinajstić information content (AvgIpc) is 2.97. The van der Waals surface area contributed by atoms with Crippen LogP contribution in [0.4, 0.5) is 0 Å². The fraction of sp³-hybridized carbons (Fsp3) is 0.125. The van der Waals surface area contributed by atoms with E-state index >= 15 is 0 Å². The van der Waals surface area contributed by atoms with Crippen LogP contribution in [-0.4, -0.2) is 15.2 Å². The first-order chi connectivity index (χ1) is 9.75. The summed E-state index contributed by atoms with van der Waals surface area (Å²) in [6, 6.07) is 17.0. The van der Waals surface area contributed by atoms with Gasteiger partial charge in [-0.1, -0.05) is 59.8 Å². The molecule has 0 radical (unpaired) electrons. The topological polar surface area (TPSA) is 59.2 Å². The Balaban J connectivity index is 1.93. The van der Waals surface area contributed by atoms with Crippen LogP contribution in [0.15, 0.2) is 59.1 Å². The van der Waals surface area contributed by atoms with Crippen molar-refractivity contribution >= 4 is 0 Å². The van der Waals surface area contributed by atoms with E-state index in [1.807, 2.05) is 61.5 Å². The first-order valence-electron chi connectivity index (χ1n) is 6.38. The molecule has 2 aromatic carbocycles. The maximum atomic E-state index is 10.2. The molecule has 0 aliphatic carbocycles. The van der Waals surface area contributed by atoms with Gasteiger partial charge in [-0.2, -0.15) is 4.98 Å². The summed E-state index contributed by atoms with van der Waals surface area (Å²) in [6.07, 6.45) is -0.901. The van der Waals surface area contributed by atoms with Crippen molar-refractivity contribution in [2.45, 2.75) is 13.0 Å². The highest BCUT2D eigenvalue weighted by Gasteiger charge is 2.19. The van der Waals surface area contributed by atoms with Gasteiger partial charge in [0.1, 0.15) is 0 Å². The van der Waals surface area contributed by atoms with E-state index in [1.54, 1.807) is 0 Å². The average molecular weight is 266 g/mol. The van der Waals surface area contributed by atoms with E-state index in [2.05, 4.69) is 10.1 Å². The zero-order valence-electron chi connectivity index (χ0n) is 11.0. The lowest BCUT2D eigenvalue weighted by Crippen LogP contribution is -1.99. The first kappa shape index (κ1) is 12.6. The molecule has 3 rings (SSSR count). The van der Waals surface area contributed by atoms with E-state index in [0.29, 0.717) is 5.82 Å². The summed E-state index contributed by atoms with van der Waals surface area (Å²) in [5.41, 5.74) is 2.70. The van der Waals surface area contributed by atoms with E-state index in [-0.39, 0.29) is 5.89 Å². The van der Waals surface area contributed by atoms with Crippen molar-refractivity contribution in [1.29, 1.82) is 0 Å². The van der Waals surface area contributed by atoms with Crippen LogP contribution in [0.5, 0.6) is 0 Å². The van der Waals surface area contributed by atoms with Crippen LogP contribution in [0, 0.1) is 6.92 Å². The van der Waals surface area contributed by atoms with Crippen LogP contribution in [0.25, 0.3) is 11.4 Å². The Kier molecular flexibility index (Phi) is 3.31. The van der Waals surface area contributed by atoms with Crippen molar-refractivity contribution in [2.75, 3.05) is 0 Å². The second kappa shape index (κ2) is 5.27. The normalized spacial score (nSPS) is 12.3. The molecule has 0 amide bonds. The van der Waals surface area contributed by atoms with E-state index in [0.717, 1.165) is 16.7 Å². The van der Waals surface area contributed by atoms with E-state index < -0.39 is 6.10 Å². The maximum absolute atomic E-state index is 10.2. The standard InChI is InChI=1S/C16H14N2O2/c1-11-7-5-6-10-13(11)15-17-16(20-18-15)14(19)12-8-3-2-4-9-12/h2-10,14,19H,1H3. The van der Waals surface area contributed by atoms with Gasteiger partial charge in [-0.3, -0.25) is 0 Å². The first-order valence-corrected chi connectivity index (χ1v) is 6.38. The van der Waals surface area contributed by atoms with Crippen LogP contribution < -0.4 is 0 Å². The van der Waals surface area contributed by atoms with Crippen molar-refractivity contribution in [1.82, 2.24) is 10.1 Å². The minimum atomic E-state index is -0.901. The number of hydrogen-bond acceptors (Lipinski definition) is 4. The SMILES string of the molecule is Cc1ccccc1-c1noc(C(O)c2ccccc2)n1. The quantitative estimate of drug-likeness (QED) is 0.791. The van der Waals surface area contributed by atoms with Crippen LogP contribution >= 0.6 is 0 Å². The summed E-state index contributed by atoms with van der Waals surface area (Å²) in [5.74, 6) is 0.697. The van der Waals surface area contributed by atoms with Gasteiger partial charge in [-0.15, -0.1) is 0 Å². The maximum Gasteiger partial charge on any atom is 0.260 e. The van der Waals surface area contributed by atoms with Crippen molar-refractivity contribution < 1.29 is 9.63 Å². The second-order valence-electron chi connectivity index (χ2n) is 4.58. The van der Waals surface area contributed by atoms with Crippen molar-refractivity contribution in [3.05, 3.63) is 71.6 Å². The number of aliphatic hydroxyl groups excluding tert-OH is 1. The molecule has 1 atom stereocenters. The molecule has 1 heterocycles. The molecule has 0 spiro atoms. The van der Waals surface area contributed by atoms with Gasteiger partial charge in [0.25, 0.3) is 5.89 Å². The van der Waals surface area contributed by atoms with Gasteiger partial charge in [0.05, 0.1) is 0 Å². The monoisotopic (exact) mass is 266 g/mol. The molecule has 20 heavy (non-hydrogen) atoms. The molecule has 0 saturated heterocycles. The molecule has 4 nitrogen and oxygen atoms in total. The lowest BCUT2D eigenvalue weighted by Gasteiger charge is -2.04. The van der Waals surface area contributed by atoms with Crippen LogP contribution in [0.3, 0.4) is 0 Å². The predicted molar refractivity (Wildman–Crippen MR) is 75.0 cm³/mol. The summed E-state index contributed by atoms with van der Waals surface area (Å²) in [5, 5.41) is 14.2. The molecule has 3 aromatic rings. The Bertz CT molecular complexity index is 707. The minimum absolute atomic E-state index is 0.203. The molecular formula is C16H14N2O2. The number of rotatable bonds is 3. The molecule has 1 unspecified atom stereocenters. The predicted octanol–water partition coefficient (Wildman–Crippen LogP) is 3.13. The van der Waals surface area contributed by atoms with Crippen molar-refractivity contribution in [3.8, 4) is 11.4 Å². The molecule has 1 N–H and O–H groups in total. The van der Waals surface area contributed by atoms with Crippen molar-refractivity contribution in [3.63, 3.8) is 0 Å². The number of hydrogen-bond donors (Lipinski definition) is 1. The van der Waals surface area contributed by atoms with E-state index in [1.165, 1.54) is 0 Å². The summed E-state index contributed by atoms with van der Waals surface area (Å²) in [7, 11) is 0. The Labute approximate surface area is 116 Å². The van der Waals surface area contributed by atoms with Gasteiger partial charge in [-0.05, 0) is 18.1 Å². The molecular weight excluding hydrogens is 252 g/mol. The molecule has 1 aromatic heterocycles. The van der Waals surface area contributed by atoms with Crippen LogP contribution in [0.2, 0.25) is 0 Å². The van der Waals surface area contributed by atoms with Gasteiger partial charge >= 0.3 is 0 Å². The summed E-state index contributed by atoms with van der Waals surface area (Å²) < 4.78 is 5.18. The lowest BCUT2D eigenvalue weighted by atomic mass is 10.1. The molecule has 0 bridgehead atoms. The highest BCUT2D eigenvalue weighted by molar-refractivity contribution is 5.59. The molecule has 0 fully saturated rings. The van der Waals surface area contributed by atoms with Gasteiger partial charge in [-0.25, -0.2) is 0 Å². The Morgan fingerprint density at radius 2 is 1.70 bits per heavy atom. The summed E-state index contributed by atoms with van der Waals surface area (Å²) in [4.78, 5) is 4.29. The fourth-order valence-corrected chi connectivity index (χ4v) is 2.06. The zero-order chi connectivity index (χ0) is 13.9. The molecule has 0 aliphatic rings. The van der Waals surface area contributed by atoms with Crippen LogP contribution in [-0.2, 0) is 0 Å². The Morgan fingerprint density at radius 3 is 2.45 bits per heavy atom. The van der Waals surface area contributed by atoms with Gasteiger partial charge in [0.2, 0.25) is 5.82 Å². The largest absolute Gasteiger partial charge is 0.378 e. The fourth-order valence-electron chi connectivity index (χ4n) is 2.06. The number of aryl methyl sites for hydroxylation is 1. The third kappa shape index (κ3) is 2.33. The van der Waals surface area contributed by atoms with Gasteiger partial charge in [0, 0.05) is 5.56 Å². The molecule has 0 saturated carbocycles. The van der Waals surface area contributed by atoms with Crippen molar-refractivity contribution in [2.24, 2.45) is 0 Å². The minimum Gasteiger partial charge on any atom is -0.378 e. The number of benzene rings is 2. The van der Waals surface area contributed by atoms with E-state index in [4.69, 9.17) is 4.52 Å². The highest BCUT2D eigenvalue weighted by atomic mass is 16.5. The molecule has 100 valence electrons. The molecule has 0 aliphatic heterocycles. The molecule has 4 heteroatoms. The Morgan fingerprint density at radius 1 is 1.00 bits per heavy atom. The van der Waals surface area contributed by atoms with Gasteiger partial charge < -0.3 is 9.63 Å². The number of aliphatic hydroxyl groups is 1. The second-order valence-corrected chi connectivity index (χ2v) is 4.58. The highest BCUT2D eigenvalue weighted by Crippen LogP contribution is 2.24. The lowest BCUT2D eigenvalue weighted by molar-refractivity contribution is 0.170. The number of aromatic nitrogens is 2. The number of nitrogens with zero attached hydrogens (tertiary/aromatic N) is 2. The summed E-state index contributed by atoms with van der Waals surface area (Å²) >= 11 is 0. The zero-order valence-corrected chi connectivity index (χ0v) is 11.0. The van der Waals surface area contributed by atoms with E-state index in [9.17, 15) is 5.11 Å².